The van der Waals surface area contributed by atoms with Gasteiger partial charge in [0.15, 0.2) is 12.4 Å². The van der Waals surface area contributed by atoms with Crippen molar-refractivity contribution in [3.8, 4) is 5.75 Å². The van der Waals surface area contributed by atoms with Crippen molar-refractivity contribution < 1.29 is 14.3 Å². The molecule has 102 valence electrons. The Morgan fingerprint density at radius 1 is 1.53 bits per heavy atom. The molecule has 0 radical (unpaired) electrons. The molecule has 0 saturated carbocycles. The Balaban J connectivity index is 2.27. The standard InChI is InChI=1S/C14H16BrNO3/c1-3-8(2)4-12(17)9-5-13-11(6-10(9)15)16-14(18)7-19-13/h5-6,8H,3-4,7H2,1-2H3,(H,16,18). The number of ketones is 1. The van der Waals surface area contributed by atoms with E-state index in [9.17, 15) is 9.59 Å². The Labute approximate surface area is 120 Å². The van der Waals surface area contributed by atoms with E-state index in [0.29, 0.717) is 33.8 Å². The summed E-state index contributed by atoms with van der Waals surface area (Å²) in [6.45, 7) is 4.12. The minimum absolute atomic E-state index is 0.00632. The first-order valence-corrected chi connectivity index (χ1v) is 7.10. The van der Waals surface area contributed by atoms with Crippen molar-refractivity contribution in [1.82, 2.24) is 0 Å². The number of halogens is 1. The summed E-state index contributed by atoms with van der Waals surface area (Å²) in [4.78, 5) is 23.4. The third-order valence-electron chi connectivity index (χ3n) is 3.23. The second-order valence-electron chi connectivity index (χ2n) is 4.81. The van der Waals surface area contributed by atoms with Gasteiger partial charge < -0.3 is 10.1 Å². The van der Waals surface area contributed by atoms with Crippen molar-refractivity contribution in [1.29, 1.82) is 0 Å². The maximum atomic E-state index is 12.2. The van der Waals surface area contributed by atoms with Crippen LogP contribution < -0.4 is 10.1 Å². The molecule has 1 N–H and O–H groups in total. The van der Waals surface area contributed by atoms with E-state index in [-0.39, 0.29) is 18.3 Å². The van der Waals surface area contributed by atoms with E-state index >= 15 is 0 Å². The van der Waals surface area contributed by atoms with E-state index in [4.69, 9.17) is 4.74 Å². The Kier molecular flexibility index (Phi) is 4.24. The van der Waals surface area contributed by atoms with E-state index in [0.717, 1.165) is 6.42 Å². The smallest absolute Gasteiger partial charge is 0.262 e. The summed E-state index contributed by atoms with van der Waals surface area (Å²) in [7, 11) is 0. The molecule has 1 heterocycles. The maximum Gasteiger partial charge on any atom is 0.262 e. The number of fused-ring (bicyclic) bond motifs is 1. The molecule has 1 aromatic carbocycles. The molecular weight excluding hydrogens is 310 g/mol. The lowest BCUT2D eigenvalue weighted by molar-refractivity contribution is -0.118. The van der Waals surface area contributed by atoms with Crippen LogP contribution in [0.5, 0.6) is 5.75 Å². The molecular formula is C14H16BrNO3. The summed E-state index contributed by atoms with van der Waals surface area (Å²) in [6, 6.07) is 3.42. The molecule has 0 fully saturated rings. The zero-order chi connectivity index (χ0) is 14.0. The summed E-state index contributed by atoms with van der Waals surface area (Å²) in [5.74, 6) is 0.814. The lowest BCUT2D eigenvalue weighted by atomic mass is 9.97. The summed E-state index contributed by atoms with van der Waals surface area (Å²) in [6.07, 6.45) is 1.49. The number of hydrogen-bond acceptors (Lipinski definition) is 3. The molecule has 1 aromatic rings. The van der Waals surface area contributed by atoms with Crippen LogP contribution in [0, 0.1) is 5.92 Å². The predicted octanol–water partition coefficient (Wildman–Crippen LogP) is 3.40. The molecule has 1 amide bonds. The van der Waals surface area contributed by atoms with Crippen molar-refractivity contribution >= 4 is 33.3 Å². The monoisotopic (exact) mass is 325 g/mol. The molecule has 0 aromatic heterocycles. The molecule has 4 nitrogen and oxygen atoms in total. The second kappa shape index (κ2) is 5.74. The van der Waals surface area contributed by atoms with Gasteiger partial charge in [0, 0.05) is 16.5 Å². The highest BCUT2D eigenvalue weighted by Crippen LogP contribution is 2.34. The van der Waals surface area contributed by atoms with Gasteiger partial charge in [0.25, 0.3) is 5.91 Å². The largest absolute Gasteiger partial charge is 0.482 e. The molecule has 5 heteroatoms. The van der Waals surface area contributed by atoms with Gasteiger partial charge in [-0.1, -0.05) is 20.3 Å². The van der Waals surface area contributed by atoms with Crippen molar-refractivity contribution in [3.63, 3.8) is 0 Å². The number of carbonyl (C=O) groups is 2. The molecule has 2 rings (SSSR count). The van der Waals surface area contributed by atoms with Crippen LogP contribution in [-0.2, 0) is 4.79 Å². The molecule has 1 aliphatic heterocycles. The van der Waals surface area contributed by atoms with E-state index in [1.807, 2.05) is 0 Å². The van der Waals surface area contributed by atoms with Gasteiger partial charge in [-0.3, -0.25) is 9.59 Å². The van der Waals surface area contributed by atoms with Crippen molar-refractivity contribution in [2.45, 2.75) is 26.7 Å². The average Bonchev–Trinajstić information content (AvgIpc) is 2.37. The Morgan fingerprint density at radius 3 is 2.95 bits per heavy atom. The normalized spacial score (nSPS) is 15.2. The number of Topliss-reactive ketones (excluding diaryl/α,β-unsaturated/α-hetero) is 1. The van der Waals surface area contributed by atoms with Crippen LogP contribution in [-0.4, -0.2) is 18.3 Å². The number of anilines is 1. The predicted molar refractivity (Wildman–Crippen MR) is 76.7 cm³/mol. The SMILES string of the molecule is CCC(C)CC(=O)c1cc2c(cc1Br)NC(=O)CO2. The highest BCUT2D eigenvalue weighted by molar-refractivity contribution is 9.10. The van der Waals surface area contributed by atoms with Gasteiger partial charge in [-0.2, -0.15) is 0 Å². The first-order valence-electron chi connectivity index (χ1n) is 6.30. The van der Waals surface area contributed by atoms with E-state index in [1.165, 1.54) is 0 Å². The van der Waals surface area contributed by atoms with E-state index in [1.54, 1.807) is 12.1 Å². The average molecular weight is 326 g/mol. The van der Waals surface area contributed by atoms with Crippen LogP contribution >= 0.6 is 15.9 Å². The van der Waals surface area contributed by atoms with Gasteiger partial charge in [0.05, 0.1) is 5.69 Å². The molecule has 0 aliphatic carbocycles. The third-order valence-corrected chi connectivity index (χ3v) is 3.89. The zero-order valence-corrected chi connectivity index (χ0v) is 12.5. The Hall–Kier alpha value is -1.36. The fourth-order valence-electron chi connectivity index (χ4n) is 1.88. The molecule has 1 unspecified atom stereocenters. The summed E-state index contributed by atoms with van der Waals surface area (Å²) < 4.78 is 6.01. The van der Waals surface area contributed by atoms with Crippen molar-refractivity contribution in [3.05, 3.63) is 22.2 Å². The number of rotatable bonds is 4. The van der Waals surface area contributed by atoms with Crippen LogP contribution in [0.3, 0.4) is 0 Å². The van der Waals surface area contributed by atoms with Crippen molar-refractivity contribution in [2.24, 2.45) is 5.92 Å². The summed E-state index contributed by atoms with van der Waals surface area (Å²) >= 11 is 3.38. The molecule has 19 heavy (non-hydrogen) atoms. The van der Waals surface area contributed by atoms with Gasteiger partial charge >= 0.3 is 0 Å². The first kappa shape index (κ1) is 14.1. The molecule has 1 atom stereocenters. The van der Waals surface area contributed by atoms with Crippen LogP contribution in [0.25, 0.3) is 0 Å². The molecule has 1 aliphatic rings. The topological polar surface area (TPSA) is 55.4 Å². The molecule has 0 bridgehead atoms. The number of ether oxygens (including phenoxy) is 1. The van der Waals surface area contributed by atoms with Gasteiger partial charge in [0.2, 0.25) is 0 Å². The van der Waals surface area contributed by atoms with Gasteiger partial charge in [0.1, 0.15) is 5.75 Å². The minimum atomic E-state index is -0.182. The van der Waals surface area contributed by atoms with E-state index in [2.05, 4.69) is 35.1 Å². The first-order chi connectivity index (χ1) is 9.01. The number of nitrogens with one attached hydrogen (secondary N) is 1. The fourth-order valence-corrected chi connectivity index (χ4v) is 2.45. The van der Waals surface area contributed by atoms with Crippen LogP contribution in [0.1, 0.15) is 37.0 Å². The van der Waals surface area contributed by atoms with Crippen molar-refractivity contribution in [2.75, 3.05) is 11.9 Å². The number of benzene rings is 1. The van der Waals surface area contributed by atoms with Crippen LogP contribution in [0.4, 0.5) is 5.69 Å². The lowest BCUT2D eigenvalue weighted by Crippen LogP contribution is -2.25. The minimum Gasteiger partial charge on any atom is -0.482 e. The second-order valence-corrected chi connectivity index (χ2v) is 5.66. The lowest BCUT2D eigenvalue weighted by Gasteiger charge is -2.19. The van der Waals surface area contributed by atoms with Crippen LogP contribution in [0.15, 0.2) is 16.6 Å². The van der Waals surface area contributed by atoms with Gasteiger partial charge in [-0.25, -0.2) is 0 Å². The third kappa shape index (κ3) is 3.15. The van der Waals surface area contributed by atoms with Crippen LogP contribution in [0.2, 0.25) is 0 Å². The van der Waals surface area contributed by atoms with E-state index < -0.39 is 0 Å². The summed E-state index contributed by atoms with van der Waals surface area (Å²) in [5, 5.41) is 2.71. The number of carbonyl (C=O) groups excluding carboxylic acids is 2. The molecule has 0 saturated heterocycles. The van der Waals surface area contributed by atoms with Gasteiger partial charge in [-0.15, -0.1) is 0 Å². The number of hydrogen-bond donors (Lipinski definition) is 1. The Morgan fingerprint density at radius 2 is 2.26 bits per heavy atom. The zero-order valence-electron chi connectivity index (χ0n) is 11.0. The highest BCUT2D eigenvalue weighted by Gasteiger charge is 2.21. The Bertz CT molecular complexity index is 528. The highest BCUT2D eigenvalue weighted by atomic mass is 79.9. The fraction of sp³-hybridized carbons (Fsp3) is 0.429. The number of amides is 1. The van der Waals surface area contributed by atoms with Gasteiger partial charge in [-0.05, 0) is 34.0 Å². The maximum absolute atomic E-state index is 12.2. The summed E-state index contributed by atoms with van der Waals surface area (Å²) in [5.41, 5.74) is 1.21. The molecule has 0 spiro atoms. The quantitative estimate of drug-likeness (QED) is 0.863.